The van der Waals surface area contributed by atoms with Crippen LogP contribution in [0.5, 0.6) is 0 Å². The van der Waals surface area contributed by atoms with Crippen molar-refractivity contribution in [3.63, 3.8) is 0 Å². The number of para-hydroxylation sites is 1. The van der Waals surface area contributed by atoms with E-state index < -0.39 is 5.69 Å². The number of H-pyrrole nitrogens is 2. The van der Waals surface area contributed by atoms with Gasteiger partial charge in [-0.25, -0.2) is 4.79 Å². The average molecular weight is 433 g/mol. The van der Waals surface area contributed by atoms with Crippen LogP contribution < -0.4 is 5.69 Å². The molecule has 0 spiro atoms. The van der Waals surface area contributed by atoms with Crippen LogP contribution in [0.4, 0.5) is 0 Å². The molecule has 3 aromatic rings. The van der Waals surface area contributed by atoms with Gasteiger partial charge in [0.1, 0.15) is 5.69 Å². The third kappa shape index (κ3) is 3.87. The Kier molecular flexibility index (Phi) is 5.62. The zero-order chi connectivity index (χ0) is 22.2. The van der Waals surface area contributed by atoms with E-state index in [4.69, 9.17) is 0 Å². The molecule has 1 atom stereocenters. The van der Waals surface area contributed by atoms with Gasteiger partial charge in [-0.3, -0.25) is 4.79 Å². The van der Waals surface area contributed by atoms with E-state index in [1.165, 1.54) is 35.9 Å². The molecule has 32 heavy (non-hydrogen) atoms. The van der Waals surface area contributed by atoms with Crippen LogP contribution in [0.15, 0.2) is 35.1 Å². The molecule has 5 rings (SSSR count). The maximum Gasteiger partial charge on any atom is 0.345 e. The summed E-state index contributed by atoms with van der Waals surface area (Å²) in [4.78, 5) is 38.5. The van der Waals surface area contributed by atoms with Crippen molar-refractivity contribution in [2.75, 3.05) is 6.54 Å². The van der Waals surface area contributed by atoms with Crippen LogP contribution in [0.25, 0.3) is 10.9 Å². The molecule has 2 aromatic heterocycles. The second-order valence-electron chi connectivity index (χ2n) is 9.85. The first-order chi connectivity index (χ1) is 15.5. The minimum atomic E-state index is -0.441. The van der Waals surface area contributed by atoms with Crippen LogP contribution in [0.2, 0.25) is 0 Å². The molecule has 6 heteroatoms. The van der Waals surface area contributed by atoms with Gasteiger partial charge in [0.15, 0.2) is 0 Å². The van der Waals surface area contributed by atoms with E-state index >= 15 is 0 Å². The number of nitrogens with one attached hydrogen (secondary N) is 2. The van der Waals surface area contributed by atoms with Gasteiger partial charge >= 0.3 is 5.69 Å². The fourth-order valence-corrected chi connectivity index (χ4v) is 5.75. The maximum atomic E-state index is 13.8. The third-order valence-corrected chi connectivity index (χ3v) is 7.09. The molecule has 1 aromatic carbocycles. The second-order valence-corrected chi connectivity index (χ2v) is 9.85. The fraction of sp³-hybridized carbons (Fsp3) is 0.500. The summed E-state index contributed by atoms with van der Waals surface area (Å²) in [6, 6.07) is 10.2. The Hall–Kier alpha value is -2.89. The summed E-state index contributed by atoms with van der Waals surface area (Å²) in [7, 11) is 0. The quantitative estimate of drug-likeness (QED) is 0.623. The Morgan fingerprint density at radius 1 is 1.16 bits per heavy atom. The van der Waals surface area contributed by atoms with Crippen LogP contribution in [0.3, 0.4) is 0 Å². The molecule has 2 aliphatic rings. The standard InChI is InChI=1S/C26H32N4O2/c1-16(2)14-18-15-22(29-26(32)27-18)25(31)30-13-12-20-19-10-6-7-11-21(19)28-23(20)24(30)17-8-4-3-5-9-17/h6-7,10-11,15-17,24,28H,3-5,8-9,12-14H2,1-2H3,(H,27,29,32). The highest BCUT2D eigenvalue weighted by Gasteiger charge is 2.39. The first-order valence-electron chi connectivity index (χ1n) is 12.0. The lowest BCUT2D eigenvalue weighted by Crippen LogP contribution is -2.44. The second kappa shape index (κ2) is 8.57. The smallest absolute Gasteiger partial charge is 0.345 e. The summed E-state index contributed by atoms with van der Waals surface area (Å²) in [6.07, 6.45) is 7.48. The van der Waals surface area contributed by atoms with E-state index in [-0.39, 0.29) is 17.6 Å². The molecule has 2 N–H and O–H groups in total. The molecule has 3 heterocycles. The van der Waals surface area contributed by atoms with E-state index in [1.807, 2.05) is 4.90 Å². The zero-order valence-corrected chi connectivity index (χ0v) is 19.0. The molecule has 168 valence electrons. The lowest BCUT2D eigenvalue weighted by atomic mass is 9.79. The molecule has 0 saturated heterocycles. The highest BCUT2D eigenvalue weighted by molar-refractivity contribution is 5.93. The summed E-state index contributed by atoms with van der Waals surface area (Å²) in [5.74, 6) is 0.688. The zero-order valence-electron chi connectivity index (χ0n) is 19.0. The summed E-state index contributed by atoms with van der Waals surface area (Å²) >= 11 is 0. The SMILES string of the molecule is CC(C)Cc1cc(C(=O)N2CCc3c([nH]c4ccccc34)C2C2CCCCC2)nc(=O)[nH]1. The van der Waals surface area contributed by atoms with Crippen molar-refractivity contribution >= 4 is 16.8 Å². The van der Waals surface area contributed by atoms with Crippen LogP contribution in [0.1, 0.15) is 79.4 Å². The predicted octanol–water partition coefficient (Wildman–Crippen LogP) is 4.77. The molecule has 1 aliphatic heterocycles. The van der Waals surface area contributed by atoms with E-state index in [9.17, 15) is 9.59 Å². The Bertz CT molecular complexity index is 1190. The fourth-order valence-electron chi connectivity index (χ4n) is 5.75. The first-order valence-corrected chi connectivity index (χ1v) is 12.0. The highest BCUT2D eigenvalue weighted by atomic mass is 16.2. The van der Waals surface area contributed by atoms with Crippen molar-refractivity contribution in [3.8, 4) is 0 Å². The molecule has 0 radical (unpaired) electrons. The summed E-state index contributed by atoms with van der Waals surface area (Å²) < 4.78 is 0. The Morgan fingerprint density at radius 2 is 1.94 bits per heavy atom. The largest absolute Gasteiger partial charge is 0.356 e. The highest BCUT2D eigenvalue weighted by Crippen LogP contribution is 2.44. The van der Waals surface area contributed by atoms with Crippen molar-refractivity contribution in [1.82, 2.24) is 19.9 Å². The van der Waals surface area contributed by atoms with Crippen LogP contribution >= 0.6 is 0 Å². The Labute approximate surface area is 188 Å². The molecule has 1 unspecified atom stereocenters. The van der Waals surface area contributed by atoms with Crippen LogP contribution in [-0.4, -0.2) is 32.3 Å². The van der Waals surface area contributed by atoms with Gasteiger partial charge in [0, 0.05) is 28.8 Å². The van der Waals surface area contributed by atoms with Crippen LogP contribution in [0, 0.1) is 11.8 Å². The minimum Gasteiger partial charge on any atom is -0.356 e. The van der Waals surface area contributed by atoms with Gasteiger partial charge in [-0.15, -0.1) is 0 Å². The number of fused-ring (bicyclic) bond motifs is 3. The molecule has 1 amide bonds. The molecule has 1 saturated carbocycles. The maximum absolute atomic E-state index is 13.8. The van der Waals surface area contributed by atoms with Crippen molar-refractivity contribution < 1.29 is 4.79 Å². The summed E-state index contributed by atoms with van der Waals surface area (Å²) in [5.41, 5.74) is 4.28. The van der Waals surface area contributed by atoms with Gasteiger partial charge in [-0.05, 0) is 55.2 Å². The normalized spacial score (nSPS) is 19.5. The molecule has 0 bridgehead atoms. The van der Waals surface area contributed by atoms with E-state index in [0.717, 1.165) is 36.9 Å². The van der Waals surface area contributed by atoms with Crippen molar-refractivity contribution in [1.29, 1.82) is 0 Å². The van der Waals surface area contributed by atoms with Gasteiger partial charge in [0.05, 0.1) is 6.04 Å². The molecule has 6 nitrogen and oxygen atoms in total. The molecule has 1 fully saturated rings. The number of hydrogen-bond acceptors (Lipinski definition) is 3. The lowest BCUT2D eigenvalue weighted by Gasteiger charge is -2.41. The number of carbonyl (C=O) groups is 1. The number of aromatic nitrogens is 3. The number of rotatable bonds is 4. The first kappa shape index (κ1) is 21.0. The van der Waals surface area contributed by atoms with E-state index in [2.05, 4.69) is 53.1 Å². The Balaban J connectivity index is 1.56. The summed E-state index contributed by atoms with van der Waals surface area (Å²) in [6.45, 7) is 4.85. The number of benzene rings is 1. The van der Waals surface area contributed by atoms with Crippen LogP contribution in [-0.2, 0) is 12.8 Å². The summed E-state index contributed by atoms with van der Waals surface area (Å²) in [5, 5.41) is 1.27. The number of amides is 1. The average Bonchev–Trinajstić information content (AvgIpc) is 3.16. The Morgan fingerprint density at radius 3 is 2.72 bits per heavy atom. The predicted molar refractivity (Wildman–Crippen MR) is 126 cm³/mol. The van der Waals surface area contributed by atoms with E-state index in [1.54, 1.807) is 6.07 Å². The molecule has 1 aliphatic carbocycles. The van der Waals surface area contributed by atoms with E-state index in [0.29, 0.717) is 18.4 Å². The van der Waals surface area contributed by atoms with Gasteiger partial charge in [0.2, 0.25) is 0 Å². The van der Waals surface area contributed by atoms with Crippen molar-refractivity contribution in [2.45, 2.75) is 64.8 Å². The van der Waals surface area contributed by atoms with Gasteiger partial charge in [0.25, 0.3) is 5.91 Å². The number of carbonyl (C=O) groups excluding carboxylic acids is 1. The third-order valence-electron chi connectivity index (χ3n) is 7.09. The lowest BCUT2D eigenvalue weighted by molar-refractivity contribution is 0.0527. The molecular weight excluding hydrogens is 400 g/mol. The van der Waals surface area contributed by atoms with Gasteiger partial charge in [-0.2, -0.15) is 4.98 Å². The monoisotopic (exact) mass is 432 g/mol. The van der Waals surface area contributed by atoms with Gasteiger partial charge in [-0.1, -0.05) is 51.3 Å². The number of aromatic amines is 2. The van der Waals surface area contributed by atoms with Crippen molar-refractivity contribution in [2.24, 2.45) is 11.8 Å². The van der Waals surface area contributed by atoms with Crippen molar-refractivity contribution in [3.05, 3.63) is 63.5 Å². The topological polar surface area (TPSA) is 81.8 Å². The number of hydrogen-bond donors (Lipinski definition) is 2. The van der Waals surface area contributed by atoms with Gasteiger partial charge < -0.3 is 14.9 Å². The molecular formula is C26H32N4O2. The minimum absolute atomic E-state index is 0.00795. The number of nitrogens with zero attached hydrogens (tertiary/aromatic N) is 2.